The highest BCUT2D eigenvalue weighted by Crippen LogP contribution is 2.20. The number of hydrogen-bond acceptors (Lipinski definition) is 3. The number of ether oxygens (including phenoxy) is 1. The maximum Gasteiger partial charge on any atom is 0.167 e. The lowest BCUT2D eigenvalue weighted by atomic mass is 10.0. The van der Waals surface area contributed by atoms with Crippen molar-refractivity contribution in [3.05, 3.63) is 70.2 Å². The van der Waals surface area contributed by atoms with Gasteiger partial charge in [0.2, 0.25) is 0 Å². The fourth-order valence-corrected chi connectivity index (χ4v) is 2.68. The highest BCUT2D eigenvalue weighted by molar-refractivity contribution is 6.30. The van der Waals surface area contributed by atoms with Crippen LogP contribution in [0, 0.1) is 0 Å². The van der Waals surface area contributed by atoms with E-state index in [1.54, 1.807) is 24.3 Å². The van der Waals surface area contributed by atoms with E-state index in [0.717, 1.165) is 30.8 Å². The van der Waals surface area contributed by atoms with Crippen LogP contribution in [0.2, 0.25) is 5.02 Å². The van der Waals surface area contributed by atoms with Crippen LogP contribution in [-0.2, 0) is 11.2 Å². The maximum absolute atomic E-state index is 12.2. The normalized spacial score (nSPS) is 18.1. The molecule has 1 saturated heterocycles. The van der Waals surface area contributed by atoms with Crippen molar-refractivity contribution < 1.29 is 9.53 Å². The Morgan fingerprint density at radius 2 is 1.86 bits per heavy atom. The van der Waals surface area contributed by atoms with E-state index in [0.29, 0.717) is 17.0 Å². The van der Waals surface area contributed by atoms with E-state index in [1.165, 1.54) is 0 Å². The van der Waals surface area contributed by atoms with Crippen LogP contribution in [0.4, 0.5) is 0 Å². The molecule has 3 nitrogen and oxygen atoms in total. The van der Waals surface area contributed by atoms with Crippen molar-refractivity contribution in [3.8, 4) is 0 Å². The number of rotatable bonds is 4. The number of morpholine rings is 1. The Bertz CT molecular complexity index is 631. The molecular formula is C18H18ClNO2. The lowest BCUT2D eigenvalue weighted by Gasteiger charge is -2.24. The van der Waals surface area contributed by atoms with Crippen molar-refractivity contribution in [1.29, 1.82) is 0 Å². The number of ketones is 1. The number of Topliss-reactive ketones (excluding diaryl/α,β-unsaturated/α-hetero) is 1. The van der Waals surface area contributed by atoms with Gasteiger partial charge < -0.3 is 10.1 Å². The molecular weight excluding hydrogens is 298 g/mol. The Labute approximate surface area is 135 Å². The zero-order valence-electron chi connectivity index (χ0n) is 12.2. The first kappa shape index (κ1) is 15.2. The van der Waals surface area contributed by atoms with Crippen molar-refractivity contribution in [2.75, 3.05) is 19.7 Å². The van der Waals surface area contributed by atoms with E-state index in [9.17, 15) is 4.79 Å². The van der Waals surface area contributed by atoms with E-state index < -0.39 is 0 Å². The van der Waals surface area contributed by atoms with Crippen LogP contribution >= 0.6 is 11.6 Å². The molecule has 0 bridgehead atoms. The van der Waals surface area contributed by atoms with Crippen LogP contribution in [0.3, 0.4) is 0 Å². The van der Waals surface area contributed by atoms with Crippen LogP contribution in [-0.4, -0.2) is 25.5 Å². The largest absolute Gasteiger partial charge is 0.371 e. The van der Waals surface area contributed by atoms with Gasteiger partial charge in [0.15, 0.2) is 5.78 Å². The zero-order valence-corrected chi connectivity index (χ0v) is 13.0. The number of halogens is 1. The number of carbonyl (C=O) groups excluding carboxylic acids is 1. The van der Waals surface area contributed by atoms with Gasteiger partial charge in [-0.15, -0.1) is 0 Å². The lowest BCUT2D eigenvalue weighted by Crippen LogP contribution is -2.33. The molecule has 0 spiro atoms. The second kappa shape index (κ2) is 7.05. The minimum atomic E-state index is 0.0972. The minimum Gasteiger partial charge on any atom is -0.371 e. The summed E-state index contributed by atoms with van der Waals surface area (Å²) < 4.78 is 5.72. The molecule has 0 unspecified atom stereocenters. The van der Waals surface area contributed by atoms with Crippen molar-refractivity contribution in [2.24, 2.45) is 0 Å². The van der Waals surface area contributed by atoms with E-state index in [-0.39, 0.29) is 11.9 Å². The molecule has 4 heteroatoms. The van der Waals surface area contributed by atoms with Crippen molar-refractivity contribution >= 4 is 17.4 Å². The predicted octanol–water partition coefficient (Wildman–Crippen LogP) is 3.43. The molecule has 0 radical (unpaired) electrons. The summed E-state index contributed by atoms with van der Waals surface area (Å²) in [6.45, 7) is 2.48. The summed E-state index contributed by atoms with van der Waals surface area (Å²) in [4.78, 5) is 12.2. The molecule has 1 atom stereocenters. The highest BCUT2D eigenvalue weighted by atomic mass is 35.5. The first-order chi connectivity index (χ1) is 10.7. The predicted molar refractivity (Wildman–Crippen MR) is 87.5 cm³/mol. The Morgan fingerprint density at radius 3 is 2.50 bits per heavy atom. The van der Waals surface area contributed by atoms with Crippen LogP contribution in [0.25, 0.3) is 0 Å². The average Bonchev–Trinajstić information content (AvgIpc) is 2.57. The Hall–Kier alpha value is -1.68. The second-order valence-electron chi connectivity index (χ2n) is 5.41. The van der Waals surface area contributed by atoms with Gasteiger partial charge in [-0.05, 0) is 35.4 Å². The molecule has 114 valence electrons. The molecule has 0 aliphatic carbocycles. The fraction of sp³-hybridized carbons (Fsp3) is 0.278. The SMILES string of the molecule is O=C(Cc1ccc([C@@H]2CNCCO2)cc1)c1ccc(Cl)cc1. The Morgan fingerprint density at radius 1 is 1.14 bits per heavy atom. The van der Waals surface area contributed by atoms with Crippen molar-refractivity contribution in [3.63, 3.8) is 0 Å². The zero-order chi connectivity index (χ0) is 15.4. The highest BCUT2D eigenvalue weighted by Gasteiger charge is 2.15. The summed E-state index contributed by atoms with van der Waals surface area (Å²) in [6.07, 6.45) is 0.501. The van der Waals surface area contributed by atoms with Crippen LogP contribution < -0.4 is 5.32 Å². The van der Waals surface area contributed by atoms with E-state index in [1.807, 2.05) is 24.3 Å². The third kappa shape index (κ3) is 3.74. The lowest BCUT2D eigenvalue weighted by molar-refractivity contribution is 0.0277. The molecule has 0 saturated carbocycles. The first-order valence-corrected chi connectivity index (χ1v) is 7.80. The minimum absolute atomic E-state index is 0.0972. The molecule has 1 aliphatic rings. The molecule has 2 aromatic rings. The monoisotopic (exact) mass is 315 g/mol. The summed E-state index contributed by atoms with van der Waals surface area (Å²) in [5, 5.41) is 3.96. The van der Waals surface area contributed by atoms with Gasteiger partial charge in [0.05, 0.1) is 12.7 Å². The smallest absolute Gasteiger partial charge is 0.167 e. The molecule has 2 aromatic carbocycles. The summed E-state index contributed by atoms with van der Waals surface area (Å²) in [5.41, 5.74) is 2.84. The van der Waals surface area contributed by atoms with Gasteiger partial charge in [0.25, 0.3) is 0 Å². The quantitative estimate of drug-likeness (QED) is 0.879. The Kier molecular flexibility index (Phi) is 4.88. The van der Waals surface area contributed by atoms with Crippen molar-refractivity contribution in [2.45, 2.75) is 12.5 Å². The third-order valence-electron chi connectivity index (χ3n) is 3.81. The van der Waals surface area contributed by atoms with Gasteiger partial charge in [-0.25, -0.2) is 0 Å². The summed E-state index contributed by atoms with van der Waals surface area (Å²) >= 11 is 5.84. The fourth-order valence-electron chi connectivity index (χ4n) is 2.55. The van der Waals surface area contributed by atoms with Gasteiger partial charge in [0.1, 0.15) is 0 Å². The summed E-state index contributed by atoms with van der Waals surface area (Å²) in [6, 6.07) is 15.1. The van der Waals surface area contributed by atoms with Gasteiger partial charge in [-0.2, -0.15) is 0 Å². The van der Waals surface area contributed by atoms with Crippen LogP contribution in [0.1, 0.15) is 27.6 Å². The molecule has 1 aliphatic heterocycles. The average molecular weight is 316 g/mol. The first-order valence-electron chi connectivity index (χ1n) is 7.42. The van der Waals surface area contributed by atoms with Gasteiger partial charge in [-0.3, -0.25) is 4.79 Å². The van der Waals surface area contributed by atoms with E-state index in [4.69, 9.17) is 16.3 Å². The van der Waals surface area contributed by atoms with Gasteiger partial charge in [-0.1, -0.05) is 35.9 Å². The van der Waals surface area contributed by atoms with Gasteiger partial charge >= 0.3 is 0 Å². The maximum atomic E-state index is 12.2. The molecule has 1 heterocycles. The molecule has 3 rings (SSSR count). The summed E-state index contributed by atoms with van der Waals surface area (Å²) in [5.74, 6) is 0.0972. The number of carbonyl (C=O) groups is 1. The third-order valence-corrected chi connectivity index (χ3v) is 4.06. The molecule has 0 aromatic heterocycles. The summed E-state index contributed by atoms with van der Waals surface area (Å²) in [7, 11) is 0. The molecule has 1 N–H and O–H groups in total. The van der Waals surface area contributed by atoms with Crippen LogP contribution in [0.15, 0.2) is 48.5 Å². The standard InChI is InChI=1S/C18H18ClNO2/c19-16-7-5-14(6-8-16)17(21)11-13-1-3-15(4-2-13)18-12-20-9-10-22-18/h1-8,18,20H,9-12H2/t18-/m0/s1. The van der Waals surface area contributed by atoms with Crippen molar-refractivity contribution in [1.82, 2.24) is 5.32 Å². The van der Waals surface area contributed by atoms with E-state index >= 15 is 0 Å². The molecule has 22 heavy (non-hydrogen) atoms. The molecule has 0 amide bonds. The second-order valence-corrected chi connectivity index (χ2v) is 5.85. The number of benzene rings is 2. The van der Waals surface area contributed by atoms with Gasteiger partial charge in [0, 0.05) is 30.1 Å². The topological polar surface area (TPSA) is 38.3 Å². The number of nitrogens with one attached hydrogen (secondary N) is 1. The van der Waals surface area contributed by atoms with E-state index in [2.05, 4.69) is 5.32 Å². The molecule has 1 fully saturated rings. The number of hydrogen-bond donors (Lipinski definition) is 1. The van der Waals surface area contributed by atoms with Crippen LogP contribution in [0.5, 0.6) is 0 Å². The Balaban J connectivity index is 1.65.